The third kappa shape index (κ3) is 3.55. The number of fused-ring (bicyclic) bond motifs is 1. The number of aryl methyl sites for hydroxylation is 2. The zero-order chi connectivity index (χ0) is 16.1. The Morgan fingerprint density at radius 1 is 1.30 bits per heavy atom. The van der Waals surface area contributed by atoms with Gasteiger partial charge in [0.05, 0.1) is 0 Å². The molecule has 1 aliphatic rings. The lowest BCUT2D eigenvalue weighted by Gasteiger charge is -2.22. The van der Waals surface area contributed by atoms with Gasteiger partial charge in [0.25, 0.3) is 0 Å². The van der Waals surface area contributed by atoms with Crippen LogP contribution in [0.5, 0.6) is 0 Å². The first kappa shape index (κ1) is 15.6. The molecule has 0 saturated carbocycles. The normalized spacial score (nSPS) is 14.2. The highest BCUT2D eigenvalue weighted by molar-refractivity contribution is 5.97. The maximum atomic E-state index is 4.45. The summed E-state index contributed by atoms with van der Waals surface area (Å²) in [5, 5.41) is 3.50. The van der Waals surface area contributed by atoms with E-state index in [1.165, 1.54) is 11.3 Å². The maximum absolute atomic E-state index is 4.45. The van der Waals surface area contributed by atoms with Crippen LogP contribution in [0.2, 0.25) is 0 Å². The van der Waals surface area contributed by atoms with E-state index in [1.54, 1.807) is 0 Å². The van der Waals surface area contributed by atoms with Crippen molar-refractivity contribution in [2.75, 3.05) is 25.0 Å². The Balaban J connectivity index is 1.47. The standard InChI is InChI=1S/C18H25N5/c1-15-20-11-14-22(15)12-6-5-10-21-18(19-2)23-13-9-16-7-3-4-8-17(16)23/h3-4,7-8,11,14H,5-6,9-10,12-13H2,1-2H3,(H,19,21). The fourth-order valence-electron chi connectivity index (χ4n) is 3.10. The molecule has 0 bridgehead atoms. The summed E-state index contributed by atoms with van der Waals surface area (Å²) < 4.78 is 2.20. The molecule has 0 radical (unpaired) electrons. The Labute approximate surface area is 138 Å². The van der Waals surface area contributed by atoms with Crippen LogP contribution in [0.25, 0.3) is 0 Å². The van der Waals surface area contributed by atoms with Gasteiger partial charge < -0.3 is 14.8 Å². The van der Waals surface area contributed by atoms with Gasteiger partial charge in [-0.25, -0.2) is 4.98 Å². The van der Waals surface area contributed by atoms with Crippen LogP contribution in [0.15, 0.2) is 41.7 Å². The number of imidazole rings is 1. The van der Waals surface area contributed by atoms with Crippen molar-refractivity contribution in [3.8, 4) is 0 Å². The van der Waals surface area contributed by atoms with E-state index in [0.29, 0.717) is 0 Å². The second-order valence-electron chi connectivity index (χ2n) is 5.88. The number of aliphatic imine (C=N–C) groups is 1. The van der Waals surface area contributed by atoms with Crippen molar-refractivity contribution in [2.45, 2.75) is 32.7 Å². The maximum Gasteiger partial charge on any atom is 0.198 e. The molecule has 23 heavy (non-hydrogen) atoms. The molecule has 122 valence electrons. The summed E-state index contributed by atoms with van der Waals surface area (Å²) in [6, 6.07) is 8.58. The number of rotatable bonds is 5. The molecule has 0 atom stereocenters. The molecule has 0 unspecified atom stereocenters. The number of nitrogens with one attached hydrogen (secondary N) is 1. The monoisotopic (exact) mass is 311 g/mol. The van der Waals surface area contributed by atoms with Gasteiger partial charge in [0.2, 0.25) is 0 Å². The number of unbranched alkanes of at least 4 members (excludes halogenated alkanes) is 1. The predicted molar refractivity (Wildman–Crippen MR) is 95.1 cm³/mol. The molecule has 0 aliphatic carbocycles. The Hall–Kier alpha value is -2.30. The number of hydrogen-bond acceptors (Lipinski definition) is 2. The van der Waals surface area contributed by atoms with Gasteiger partial charge in [-0.05, 0) is 37.8 Å². The first-order valence-corrected chi connectivity index (χ1v) is 8.33. The lowest BCUT2D eigenvalue weighted by Crippen LogP contribution is -2.41. The zero-order valence-corrected chi connectivity index (χ0v) is 14.0. The van der Waals surface area contributed by atoms with Crippen molar-refractivity contribution < 1.29 is 0 Å². The summed E-state index contributed by atoms with van der Waals surface area (Å²) in [4.78, 5) is 11.0. The van der Waals surface area contributed by atoms with E-state index in [9.17, 15) is 0 Å². The summed E-state index contributed by atoms with van der Waals surface area (Å²) in [6.07, 6.45) is 7.25. The molecule has 1 N–H and O–H groups in total. The first-order valence-electron chi connectivity index (χ1n) is 8.33. The van der Waals surface area contributed by atoms with E-state index in [-0.39, 0.29) is 0 Å². The van der Waals surface area contributed by atoms with Gasteiger partial charge in [-0.2, -0.15) is 0 Å². The lowest BCUT2D eigenvalue weighted by atomic mass is 10.2. The molecule has 2 heterocycles. The van der Waals surface area contributed by atoms with Crippen molar-refractivity contribution in [3.05, 3.63) is 48.0 Å². The number of nitrogens with zero attached hydrogens (tertiary/aromatic N) is 4. The van der Waals surface area contributed by atoms with Crippen LogP contribution >= 0.6 is 0 Å². The highest BCUT2D eigenvalue weighted by Gasteiger charge is 2.21. The topological polar surface area (TPSA) is 45.5 Å². The quantitative estimate of drug-likeness (QED) is 0.524. The minimum absolute atomic E-state index is 0.944. The van der Waals surface area contributed by atoms with Gasteiger partial charge in [0, 0.05) is 44.8 Å². The average Bonchev–Trinajstić information content (AvgIpc) is 3.18. The smallest absolute Gasteiger partial charge is 0.198 e. The first-order chi connectivity index (χ1) is 11.3. The summed E-state index contributed by atoms with van der Waals surface area (Å²) in [5.74, 6) is 2.07. The molecule has 2 aromatic rings. The van der Waals surface area contributed by atoms with Gasteiger partial charge in [0.1, 0.15) is 5.82 Å². The third-order valence-corrected chi connectivity index (χ3v) is 4.39. The van der Waals surface area contributed by atoms with E-state index in [1.807, 2.05) is 26.4 Å². The molecule has 0 spiro atoms. The Bertz CT molecular complexity index is 674. The summed E-state index contributed by atoms with van der Waals surface area (Å²) in [6.45, 7) is 5.02. The number of guanidine groups is 1. The second-order valence-corrected chi connectivity index (χ2v) is 5.88. The van der Waals surface area contributed by atoms with E-state index >= 15 is 0 Å². The van der Waals surface area contributed by atoms with Crippen LogP contribution in [-0.4, -0.2) is 35.6 Å². The lowest BCUT2D eigenvalue weighted by molar-refractivity contribution is 0.590. The Morgan fingerprint density at radius 2 is 2.17 bits per heavy atom. The fourth-order valence-corrected chi connectivity index (χ4v) is 3.10. The van der Waals surface area contributed by atoms with Crippen LogP contribution in [-0.2, 0) is 13.0 Å². The number of hydrogen-bond donors (Lipinski definition) is 1. The van der Waals surface area contributed by atoms with E-state index in [4.69, 9.17) is 0 Å². The predicted octanol–water partition coefficient (Wildman–Crippen LogP) is 2.61. The number of para-hydroxylation sites is 1. The summed E-state index contributed by atoms with van der Waals surface area (Å²) in [7, 11) is 1.86. The average molecular weight is 311 g/mol. The third-order valence-electron chi connectivity index (χ3n) is 4.39. The van der Waals surface area contributed by atoms with Crippen molar-refractivity contribution in [1.29, 1.82) is 0 Å². The largest absolute Gasteiger partial charge is 0.356 e. The highest BCUT2D eigenvalue weighted by atomic mass is 15.3. The van der Waals surface area contributed by atoms with Gasteiger partial charge >= 0.3 is 0 Å². The Kier molecular flexibility index (Phi) is 4.95. The van der Waals surface area contributed by atoms with Crippen LogP contribution in [0.4, 0.5) is 5.69 Å². The molecule has 5 heteroatoms. The van der Waals surface area contributed by atoms with Crippen LogP contribution in [0.1, 0.15) is 24.2 Å². The zero-order valence-electron chi connectivity index (χ0n) is 14.0. The van der Waals surface area contributed by atoms with Crippen molar-refractivity contribution in [2.24, 2.45) is 4.99 Å². The number of anilines is 1. The highest BCUT2D eigenvalue weighted by Crippen LogP contribution is 2.27. The van der Waals surface area contributed by atoms with Crippen LogP contribution < -0.4 is 10.2 Å². The molecule has 0 saturated heterocycles. The van der Waals surface area contributed by atoms with Crippen molar-refractivity contribution in [3.63, 3.8) is 0 Å². The molecule has 5 nitrogen and oxygen atoms in total. The molecule has 0 amide bonds. The molecule has 0 fully saturated rings. The van der Waals surface area contributed by atoms with E-state index < -0.39 is 0 Å². The SMILES string of the molecule is CN=C(NCCCCn1ccnc1C)N1CCc2ccccc21. The minimum atomic E-state index is 0.944. The van der Waals surface area contributed by atoms with Gasteiger partial charge in [-0.15, -0.1) is 0 Å². The fraction of sp³-hybridized carbons (Fsp3) is 0.444. The van der Waals surface area contributed by atoms with E-state index in [2.05, 4.69) is 49.0 Å². The molecule has 1 aromatic heterocycles. The van der Waals surface area contributed by atoms with Gasteiger partial charge in [-0.1, -0.05) is 18.2 Å². The van der Waals surface area contributed by atoms with Crippen molar-refractivity contribution >= 4 is 11.6 Å². The van der Waals surface area contributed by atoms with Gasteiger partial charge in [-0.3, -0.25) is 4.99 Å². The number of benzene rings is 1. The van der Waals surface area contributed by atoms with Gasteiger partial charge in [0.15, 0.2) is 5.96 Å². The minimum Gasteiger partial charge on any atom is -0.356 e. The molecular formula is C18H25N5. The molecule has 1 aromatic carbocycles. The summed E-state index contributed by atoms with van der Waals surface area (Å²) in [5.41, 5.74) is 2.70. The number of aromatic nitrogens is 2. The van der Waals surface area contributed by atoms with Crippen LogP contribution in [0, 0.1) is 6.92 Å². The van der Waals surface area contributed by atoms with E-state index in [0.717, 1.165) is 50.7 Å². The second kappa shape index (κ2) is 7.31. The molecule has 3 rings (SSSR count). The molecular weight excluding hydrogens is 286 g/mol. The van der Waals surface area contributed by atoms with Crippen LogP contribution in [0.3, 0.4) is 0 Å². The molecule has 1 aliphatic heterocycles. The van der Waals surface area contributed by atoms with Crippen molar-refractivity contribution in [1.82, 2.24) is 14.9 Å². The summed E-state index contributed by atoms with van der Waals surface area (Å²) >= 11 is 0. The Morgan fingerprint density at radius 3 is 2.96 bits per heavy atom.